The Kier molecular flexibility index (Phi) is 6.88. The van der Waals surface area contributed by atoms with E-state index in [0.717, 1.165) is 51.6 Å². The maximum atomic E-state index is 12.4. The largest absolute Gasteiger partial charge is 0.491 e. The number of rotatable bonds is 6. The average molecular weight is 361 g/mol. The Balaban J connectivity index is 1.46. The Labute approximate surface area is 156 Å². The highest BCUT2D eigenvalue weighted by Gasteiger charge is 2.23. The Hall–Kier alpha value is -1.63. The molecule has 2 aliphatic heterocycles. The first-order valence-corrected chi connectivity index (χ1v) is 9.66. The van der Waals surface area contributed by atoms with E-state index in [2.05, 4.69) is 35.8 Å². The summed E-state index contributed by atoms with van der Waals surface area (Å²) in [4.78, 5) is 19.0. The van der Waals surface area contributed by atoms with Gasteiger partial charge >= 0.3 is 0 Å². The van der Waals surface area contributed by atoms with Gasteiger partial charge in [0.25, 0.3) is 0 Å². The molecular weight excluding hydrogens is 330 g/mol. The number of carbonyl (C=O) groups excluding carboxylic acids is 1. The lowest BCUT2D eigenvalue weighted by Crippen LogP contribution is -2.51. The highest BCUT2D eigenvalue weighted by Crippen LogP contribution is 2.21. The van der Waals surface area contributed by atoms with Gasteiger partial charge in [-0.2, -0.15) is 0 Å². The molecule has 0 saturated carbocycles. The summed E-state index contributed by atoms with van der Waals surface area (Å²) in [5, 5.41) is 0. The number of ether oxygens (including phenoxy) is 2. The van der Waals surface area contributed by atoms with Crippen LogP contribution in [0.3, 0.4) is 0 Å². The van der Waals surface area contributed by atoms with Gasteiger partial charge in [0.1, 0.15) is 5.75 Å². The van der Waals surface area contributed by atoms with Gasteiger partial charge in [-0.1, -0.05) is 18.2 Å². The second-order valence-electron chi connectivity index (χ2n) is 7.32. The van der Waals surface area contributed by atoms with E-state index in [9.17, 15) is 4.79 Å². The molecule has 0 spiro atoms. The fourth-order valence-electron chi connectivity index (χ4n) is 3.45. The standard InChI is InChI=1S/C20H31N3O3/c1-17(2)26-19-6-4-3-5-18(19)15-21-7-9-22(10-8-21)16-20(24)23-11-13-25-14-12-23/h3-6,17H,7-16H2,1-2H3. The highest BCUT2D eigenvalue weighted by molar-refractivity contribution is 5.78. The minimum absolute atomic E-state index is 0.180. The van der Waals surface area contributed by atoms with Gasteiger partial charge in [-0.3, -0.25) is 14.6 Å². The summed E-state index contributed by atoms with van der Waals surface area (Å²) < 4.78 is 11.2. The molecule has 26 heavy (non-hydrogen) atoms. The molecule has 2 heterocycles. The third-order valence-electron chi connectivity index (χ3n) is 4.92. The number of benzene rings is 1. The van der Waals surface area contributed by atoms with Crippen LogP contribution in [-0.2, 0) is 16.1 Å². The molecular formula is C20H31N3O3. The van der Waals surface area contributed by atoms with Crippen LogP contribution in [0.5, 0.6) is 5.75 Å². The van der Waals surface area contributed by atoms with Crippen molar-refractivity contribution in [3.63, 3.8) is 0 Å². The summed E-state index contributed by atoms with van der Waals surface area (Å²) in [6.45, 7) is 12.1. The quantitative estimate of drug-likeness (QED) is 0.767. The highest BCUT2D eigenvalue weighted by atomic mass is 16.5. The van der Waals surface area contributed by atoms with Crippen LogP contribution >= 0.6 is 0 Å². The lowest BCUT2D eigenvalue weighted by atomic mass is 10.1. The van der Waals surface area contributed by atoms with Crippen LogP contribution in [0.25, 0.3) is 0 Å². The molecule has 2 aliphatic rings. The molecule has 0 N–H and O–H groups in total. The summed E-state index contributed by atoms with van der Waals surface area (Å²) in [6, 6.07) is 8.29. The molecule has 0 aliphatic carbocycles. The molecule has 2 saturated heterocycles. The van der Waals surface area contributed by atoms with Gasteiger partial charge in [-0.05, 0) is 19.9 Å². The molecule has 1 aromatic carbocycles. The Bertz CT molecular complexity index is 579. The SMILES string of the molecule is CC(C)Oc1ccccc1CN1CCN(CC(=O)N2CCOCC2)CC1. The predicted octanol–water partition coefficient (Wildman–Crippen LogP) is 1.45. The maximum absolute atomic E-state index is 12.4. The lowest BCUT2D eigenvalue weighted by Gasteiger charge is -2.36. The first-order valence-electron chi connectivity index (χ1n) is 9.66. The fourth-order valence-corrected chi connectivity index (χ4v) is 3.45. The minimum Gasteiger partial charge on any atom is -0.491 e. The van der Waals surface area contributed by atoms with E-state index >= 15 is 0 Å². The van der Waals surface area contributed by atoms with Crippen molar-refractivity contribution in [2.24, 2.45) is 0 Å². The van der Waals surface area contributed by atoms with Gasteiger partial charge < -0.3 is 14.4 Å². The van der Waals surface area contributed by atoms with E-state index in [1.165, 1.54) is 5.56 Å². The predicted molar refractivity (Wildman–Crippen MR) is 101 cm³/mol. The van der Waals surface area contributed by atoms with E-state index in [4.69, 9.17) is 9.47 Å². The number of nitrogens with zero attached hydrogens (tertiary/aromatic N) is 3. The van der Waals surface area contributed by atoms with Crippen molar-refractivity contribution < 1.29 is 14.3 Å². The van der Waals surface area contributed by atoms with Crippen LogP contribution in [0.2, 0.25) is 0 Å². The van der Waals surface area contributed by atoms with Gasteiger partial charge in [0.15, 0.2) is 0 Å². The van der Waals surface area contributed by atoms with Crippen LogP contribution in [0.1, 0.15) is 19.4 Å². The molecule has 0 atom stereocenters. The smallest absolute Gasteiger partial charge is 0.236 e. The van der Waals surface area contributed by atoms with E-state index in [0.29, 0.717) is 19.8 Å². The number of morpholine rings is 1. The molecule has 2 fully saturated rings. The van der Waals surface area contributed by atoms with E-state index in [1.54, 1.807) is 0 Å². The number of para-hydroxylation sites is 1. The summed E-state index contributed by atoms with van der Waals surface area (Å²) in [5.41, 5.74) is 1.24. The summed E-state index contributed by atoms with van der Waals surface area (Å²) >= 11 is 0. The molecule has 0 bridgehead atoms. The zero-order chi connectivity index (χ0) is 18.4. The minimum atomic E-state index is 0.180. The Morgan fingerprint density at radius 2 is 1.69 bits per heavy atom. The second-order valence-corrected chi connectivity index (χ2v) is 7.32. The zero-order valence-corrected chi connectivity index (χ0v) is 16.0. The van der Waals surface area contributed by atoms with E-state index < -0.39 is 0 Å². The lowest BCUT2D eigenvalue weighted by molar-refractivity contribution is -0.136. The second kappa shape index (κ2) is 9.35. The van der Waals surface area contributed by atoms with Crippen molar-refractivity contribution in [1.29, 1.82) is 0 Å². The molecule has 3 rings (SSSR count). The maximum Gasteiger partial charge on any atom is 0.236 e. The fraction of sp³-hybridized carbons (Fsp3) is 0.650. The number of hydrogen-bond donors (Lipinski definition) is 0. The van der Waals surface area contributed by atoms with E-state index in [1.807, 2.05) is 17.0 Å². The van der Waals surface area contributed by atoms with Crippen molar-refractivity contribution in [2.45, 2.75) is 26.5 Å². The van der Waals surface area contributed by atoms with Gasteiger partial charge in [-0.15, -0.1) is 0 Å². The Morgan fingerprint density at radius 3 is 2.38 bits per heavy atom. The van der Waals surface area contributed by atoms with Gasteiger partial charge in [0.05, 0.1) is 25.9 Å². The first-order chi connectivity index (χ1) is 12.6. The molecule has 1 amide bonds. The average Bonchev–Trinajstić information content (AvgIpc) is 2.65. The van der Waals surface area contributed by atoms with Gasteiger partial charge in [0.2, 0.25) is 5.91 Å². The van der Waals surface area contributed by atoms with Crippen LogP contribution in [0, 0.1) is 0 Å². The van der Waals surface area contributed by atoms with Gasteiger partial charge in [-0.25, -0.2) is 0 Å². The normalized spacial score (nSPS) is 19.7. The van der Waals surface area contributed by atoms with Gasteiger partial charge in [0, 0.05) is 51.4 Å². The third-order valence-corrected chi connectivity index (χ3v) is 4.92. The number of carbonyl (C=O) groups is 1. The summed E-state index contributed by atoms with van der Waals surface area (Å²) in [5.74, 6) is 1.21. The monoisotopic (exact) mass is 361 g/mol. The number of hydrogen-bond acceptors (Lipinski definition) is 5. The molecule has 0 radical (unpaired) electrons. The van der Waals surface area contributed by atoms with Crippen molar-refractivity contribution in [3.8, 4) is 5.75 Å². The molecule has 0 aromatic heterocycles. The molecule has 0 unspecified atom stereocenters. The summed E-state index contributed by atoms with van der Waals surface area (Å²) in [7, 11) is 0. The topological polar surface area (TPSA) is 45.2 Å². The van der Waals surface area contributed by atoms with Crippen molar-refractivity contribution in [2.75, 3.05) is 59.0 Å². The van der Waals surface area contributed by atoms with Crippen LogP contribution in [-0.4, -0.2) is 85.7 Å². The zero-order valence-electron chi connectivity index (χ0n) is 16.0. The molecule has 6 heteroatoms. The van der Waals surface area contributed by atoms with Crippen molar-refractivity contribution in [3.05, 3.63) is 29.8 Å². The number of piperazine rings is 1. The first kappa shape index (κ1) is 19.1. The molecule has 144 valence electrons. The van der Waals surface area contributed by atoms with E-state index in [-0.39, 0.29) is 12.0 Å². The summed E-state index contributed by atoms with van der Waals surface area (Å²) in [6.07, 6.45) is 0.180. The third kappa shape index (κ3) is 5.43. The van der Waals surface area contributed by atoms with Crippen LogP contribution < -0.4 is 4.74 Å². The van der Waals surface area contributed by atoms with Crippen LogP contribution in [0.4, 0.5) is 0 Å². The van der Waals surface area contributed by atoms with Crippen molar-refractivity contribution >= 4 is 5.91 Å². The molecule has 6 nitrogen and oxygen atoms in total. The number of amides is 1. The van der Waals surface area contributed by atoms with Crippen LogP contribution in [0.15, 0.2) is 24.3 Å². The Morgan fingerprint density at radius 1 is 1.04 bits per heavy atom. The van der Waals surface area contributed by atoms with Crippen molar-refractivity contribution in [1.82, 2.24) is 14.7 Å². The molecule has 1 aromatic rings.